The maximum absolute atomic E-state index is 13.6. The molecule has 1 amide bonds. The first-order valence-electron chi connectivity index (χ1n) is 13.6. The van der Waals surface area contributed by atoms with Gasteiger partial charge in [-0.05, 0) is 56.0 Å². The van der Waals surface area contributed by atoms with E-state index in [-0.39, 0.29) is 24.2 Å². The number of esters is 1. The molecular weight excluding hydrogens is 534 g/mol. The molecule has 0 unspecified atom stereocenters. The van der Waals surface area contributed by atoms with Crippen LogP contribution in [0.2, 0.25) is 5.02 Å². The third-order valence-electron chi connectivity index (χ3n) is 7.60. The van der Waals surface area contributed by atoms with Gasteiger partial charge >= 0.3 is 5.97 Å². The summed E-state index contributed by atoms with van der Waals surface area (Å²) < 4.78 is 25.2. The number of aromatic nitrogens is 2. The van der Waals surface area contributed by atoms with E-state index in [4.69, 9.17) is 30.5 Å². The first kappa shape index (κ1) is 28.0. The largest absolute Gasteiger partial charge is 0.493 e. The zero-order valence-corrected chi connectivity index (χ0v) is 23.7. The quantitative estimate of drug-likeness (QED) is 0.342. The minimum Gasteiger partial charge on any atom is -0.493 e. The van der Waals surface area contributed by atoms with Crippen LogP contribution in [0.3, 0.4) is 0 Å². The normalized spacial score (nSPS) is 18.9. The van der Waals surface area contributed by atoms with Crippen LogP contribution in [0.1, 0.15) is 61.8 Å². The summed E-state index contributed by atoms with van der Waals surface area (Å²) in [4.78, 5) is 32.0. The molecule has 0 radical (unpaired) electrons. The molecule has 1 fully saturated rings. The van der Waals surface area contributed by atoms with Crippen LogP contribution in [-0.4, -0.2) is 60.2 Å². The van der Waals surface area contributed by atoms with Gasteiger partial charge in [0.1, 0.15) is 17.9 Å². The number of amides is 1. The number of halogens is 1. The number of methoxy groups -OCH3 is 2. The Morgan fingerprint density at radius 3 is 2.62 bits per heavy atom. The molecule has 0 saturated carbocycles. The van der Waals surface area contributed by atoms with E-state index in [9.17, 15) is 9.59 Å². The van der Waals surface area contributed by atoms with Crippen molar-refractivity contribution in [3.63, 3.8) is 0 Å². The number of hydrogen-bond donors (Lipinski definition) is 0. The average Bonchev–Trinajstić information content (AvgIpc) is 3.40. The highest BCUT2D eigenvalue weighted by Crippen LogP contribution is 2.45. The van der Waals surface area contributed by atoms with Gasteiger partial charge in [0.05, 0.1) is 38.6 Å². The van der Waals surface area contributed by atoms with Crippen molar-refractivity contribution in [1.82, 2.24) is 14.5 Å². The predicted molar refractivity (Wildman–Crippen MR) is 149 cm³/mol. The summed E-state index contributed by atoms with van der Waals surface area (Å²) in [6.07, 6.45) is 4.46. The van der Waals surface area contributed by atoms with Crippen LogP contribution < -0.4 is 9.47 Å². The number of carbonyl (C=O) groups is 2. The molecule has 212 valence electrons. The van der Waals surface area contributed by atoms with Crippen LogP contribution in [0.5, 0.6) is 11.5 Å². The van der Waals surface area contributed by atoms with Crippen molar-refractivity contribution in [3.05, 3.63) is 70.8 Å². The second-order valence-corrected chi connectivity index (χ2v) is 10.4. The van der Waals surface area contributed by atoms with Crippen LogP contribution in [-0.2, 0) is 19.1 Å². The van der Waals surface area contributed by atoms with Gasteiger partial charge in [-0.15, -0.1) is 0 Å². The molecular formula is C30H34ClN3O6. The van der Waals surface area contributed by atoms with Gasteiger partial charge in [0.2, 0.25) is 5.91 Å². The lowest BCUT2D eigenvalue weighted by Gasteiger charge is -2.33. The van der Waals surface area contributed by atoms with Crippen molar-refractivity contribution in [2.45, 2.75) is 44.8 Å². The lowest BCUT2D eigenvalue weighted by Crippen LogP contribution is -2.39. The fourth-order valence-electron chi connectivity index (χ4n) is 5.63. The van der Waals surface area contributed by atoms with Crippen LogP contribution in [0.4, 0.5) is 0 Å². The molecule has 2 atom stereocenters. The number of fused-ring (bicyclic) bond motifs is 3. The lowest BCUT2D eigenvalue weighted by atomic mass is 9.93. The highest BCUT2D eigenvalue weighted by molar-refractivity contribution is 6.30. The number of carbonyl (C=O) groups excluding carboxylic acids is 2. The Hall–Kier alpha value is -3.56. The van der Waals surface area contributed by atoms with E-state index in [0.29, 0.717) is 48.3 Å². The Balaban J connectivity index is 1.43. The molecule has 3 aromatic rings. The Morgan fingerprint density at radius 1 is 1.10 bits per heavy atom. The van der Waals surface area contributed by atoms with Gasteiger partial charge in [0.15, 0.2) is 11.5 Å². The first-order chi connectivity index (χ1) is 19.4. The molecule has 0 bridgehead atoms. The van der Waals surface area contributed by atoms with E-state index in [2.05, 4.69) is 4.98 Å². The molecule has 9 nitrogen and oxygen atoms in total. The van der Waals surface area contributed by atoms with Crippen LogP contribution in [0.15, 0.2) is 48.8 Å². The third-order valence-corrected chi connectivity index (χ3v) is 7.83. The summed E-state index contributed by atoms with van der Waals surface area (Å²) in [5.41, 5.74) is 3.08. The molecule has 1 aromatic carbocycles. The average molecular weight is 568 g/mol. The van der Waals surface area contributed by atoms with E-state index in [0.717, 1.165) is 29.8 Å². The smallest absolute Gasteiger partial charge is 0.306 e. The highest BCUT2D eigenvalue weighted by atomic mass is 35.5. The topological polar surface area (TPSA) is 92.1 Å². The number of benzene rings is 1. The lowest BCUT2D eigenvalue weighted by molar-refractivity contribution is -0.144. The molecule has 5 rings (SSSR count). The zero-order valence-electron chi connectivity index (χ0n) is 23.0. The Morgan fingerprint density at radius 2 is 1.90 bits per heavy atom. The van der Waals surface area contributed by atoms with Crippen LogP contribution >= 0.6 is 11.6 Å². The maximum atomic E-state index is 13.6. The monoisotopic (exact) mass is 567 g/mol. The molecule has 10 heteroatoms. The number of pyridine rings is 1. The van der Waals surface area contributed by atoms with Crippen molar-refractivity contribution >= 4 is 23.5 Å². The van der Waals surface area contributed by atoms with Crippen LogP contribution in [0, 0.1) is 5.92 Å². The first-order valence-corrected chi connectivity index (χ1v) is 13.9. The minimum absolute atomic E-state index is 0.000592. The Bertz CT molecular complexity index is 1370. The summed E-state index contributed by atoms with van der Waals surface area (Å²) >= 11 is 6.47. The molecule has 0 aliphatic carbocycles. The predicted octanol–water partition coefficient (Wildman–Crippen LogP) is 5.29. The van der Waals surface area contributed by atoms with Gasteiger partial charge in [0, 0.05) is 48.6 Å². The number of likely N-dealkylation sites (tertiary alicyclic amines) is 1. The van der Waals surface area contributed by atoms with E-state index >= 15 is 0 Å². The van der Waals surface area contributed by atoms with E-state index in [1.165, 1.54) is 0 Å². The van der Waals surface area contributed by atoms with E-state index in [1.54, 1.807) is 26.5 Å². The van der Waals surface area contributed by atoms with Crippen molar-refractivity contribution in [1.29, 1.82) is 0 Å². The number of piperidine rings is 1. The molecule has 1 saturated heterocycles. The van der Waals surface area contributed by atoms with Gasteiger partial charge in [0.25, 0.3) is 0 Å². The zero-order chi connectivity index (χ0) is 28.2. The summed E-state index contributed by atoms with van der Waals surface area (Å²) in [6, 6.07) is 11.3. The molecule has 40 heavy (non-hydrogen) atoms. The maximum Gasteiger partial charge on any atom is 0.306 e. The summed E-state index contributed by atoms with van der Waals surface area (Å²) in [7, 11) is 3.14. The SMILES string of the molecule is CCOC(=O)CC1CCN(C(=O)C[C@H]2O[C@@H](c3nccc(OC)c3OC)c3cc(Cl)ccc3-n3cccc32)CC1. The molecule has 2 aliphatic heterocycles. The molecule has 0 spiro atoms. The Kier molecular flexibility index (Phi) is 8.61. The van der Waals surface area contributed by atoms with Crippen molar-refractivity contribution in [3.8, 4) is 17.2 Å². The molecule has 0 N–H and O–H groups in total. The fraction of sp³-hybridized carbons (Fsp3) is 0.433. The molecule has 2 aromatic heterocycles. The van der Waals surface area contributed by atoms with E-state index in [1.807, 2.05) is 52.9 Å². The van der Waals surface area contributed by atoms with Gasteiger partial charge < -0.3 is 28.4 Å². The standard InChI is InChI=1S/C30H34ClN3O6/c1-4-39-27(36)16-19-10-14-33(15-11-19)26(35)18-25-23-6-5-13-34(23)22-8-7-20(31)17-21(22)29(40-25)28-30(38-3)24(37-2)9-12-32-28/h5-9,12-13,17,19,25,29H,4,10-11,14-16,18H2,1-3H3/t25-,29-/m1/s1. The van der Waals surface area contributed by atoms with Crippen molar-refractivity contribution in [2.75, 3.05) is 33.9 Å². The van der Waals surface area contributed by atoms with E-state index < -0.39 is 12.2 Å². The second kappa shape index (κ2) is 12.3. The summed E-state index contributed by atoms with van der Waals surface area (Å²) in [6.45, 7) is 3.39. The van der Waals surface area contributed by atoms with Gasteiger partial charge in [-0.25, -0.2) is 0 Å². The Labute approximate surface area is 238 Å². The van der Waals surface area contributed by atoms with Crippen molar-refractivity contribution in [2.24, 2.45) is 5.92 Å². The molecule has 2 aliphatic rings. The van der Waals surface area contributed by atoms with Crippen LogP contribution in [0.25, 0.3) is 5.69 Å². The fourth-order valence-corrected chi connectivity index (χ4v) is 5.81. The number of nitrogens with zero attached hydrogens (tertiary/aromatic N) is 3. The van der Waals surface area contributed by atoms with Gasteiger partial charge in [-0.3, -0.25) is 14.6 Å². The summed E-state index contributed by atoms with van der Waals surface area (Å²) in [5, 5.41) is 0.558. The summed E-state index contributed by atoms with van der Waals surface area (Å²) in [5.74, 6) is 1.04. The number of ether oxygens (including phenoxy) is 4. The third kappa shape index (κ3) is 5.67. The number of rotatable bonds is 8. The van der Waals surface area contributed by atoms with Gasteiger partial charge in [-0.1, -0.05) is 11.6 Å². The molecule has 4 heterocycles. The highest BCUT2D eigenvalue weighted by Gasteiger charge is 2.36. The van der Waals surface area contributed by atoms with Gasteiger partial charge in [-0.2, -0.15) is 0 Å². The minimum atomic E-state index is -0.674. The van der Waals surface area contributed by atoms with Crippen molar-refractivity contribution < 1.29 is 28.5 Å². The number of hydrogen-bond acceptors (Lipinski definition) is 7. The second-order valence-electron chi connectivity index (χ2n) is 9.98.